The van der Waals surface area contributed by atoms with Crippen LogP contribution in [0.15, 0.2) is 47.5 Å². The third kappa shape index (κ3) is 3.00. The first kappa shape index (κ1) is 16.5. The Kier molecular flexibility index (Phi) is 4.28. The molecule has 2 unspecified atom stereocenters. The van der Waals surface area contributed by atoms with Crippen molar-refractivity contribution in [1.82, 2.24) is 19.8 Å². The first-order chi connectivity index (χ1) is 12.6. The molecule has 3 aliphatic heterocycles. The van der Waals surface area contributed by atoms with Crippen LogP contribution in [0.4, 0.5) is 0 Å². The Morgan fingerprint density at radius 1 is 1.04 bits per heavy atom. The second-order valence-corrected chi connectivity index (χ2v) is 6.89. The molecule has 134 valence electrons. The van der Waals surface area contributed by atoms with Crippen LogP contribution in [0.5, 0.6) is 0 Å². The molecule has 2 aromatic heterocycles. The highest BCUT2D eigenvalue weighted by molar-refractivity contribution is 5.95. The average Bonchev–Trinajstić information content (AvgIpc) is 3.00. The quantitative estimate of drug-likeness (QED) is 0.878. The maximum atomic E-state index is 12.9. The number of pyridine rings is 2. The number of aromatic amines is 1. The van der Waals surface area contributed by atoms with Crippen molar-refractivity contribution >= 4 is 11.8 Å². The van der Waals surface area contributed by atoms with Crippen LogP contribution in [0.25, 0.3) is 0 Å². The predicted molar refractivity (Wildman–Crippen MR) is 94.8 cm³/mol. The second kappa shape index (κ2) is 6.74. The number of carbonyl (C=O) groups is 2. The smallest absolute Gasteiger partial charge is 0.272 e. The van der Waals surface area contributed by atoms with Crippen LogP contribution >= 0.6 is 0 Å². The number of aromatic nitrogens is 2. The van der Waals surface area contributed by atoms with Crippen molar-refractivity contribution < 1.29 is 9.59 Å². The molecule has 26 heavy (non-hydrogen) atoms. The van der Waals surface area contributed by atoms with Gasteiger partial charge in [-0.15, -0.1) is 0 Å². The summed E-state index contributed by atoms with van der Waals surface area (Å²) < 4.78 is 0. The van der Waals surface area contributed by atoms with Crippen molar-refractivity contribution in [3.63, 3.8) is 0 Å². The molecule has 1 N–H and O–H groups in total. The molecule has 0 spiro atoms. The highest BCUT2D eigenvalue weighted by atomic mass is 16.2. The first-order valence-corrected chi connectivity index (χ1v) is 8.82. The number of nitrogens with one attached hydrogen (secondary N) is 1. The van der Waals surface area contributed by atoms with E-state index in [0.29, 0.717) is 25.3 Å². The number of fused-ring (bicyclic) bond motifs is 4. The van der Waals surface area contributed by atoms with Crippen LogP contribution in [-0.2, 0) is 0 Å². The summed E-state index contributed by atoms with van der Waals surface area (Å²) >= 11 is 0. The van der Waals surface area contributed by atoms with Gasteiger partial charge in [0.15, 0.2) is 0 Å². The van der Waals surface area contributed by atoms with Crippen molar-refractivity contribution in [2.45, 2.75) is 18.9 Å². The molecule has 3 fully saturated rings. The Morgan fingerprint density at radius 3 is 2.69 bits per heavy atom. The van der Waals surface area contributed by atoms with Gasteiger partial charge in [-0.25, -0.2) is 0 Å². The Bertz CT molecular complexity index is 880. The van der Waals surface area contributed by atoms with Gasteiger partial charge in [-0.2, -0.15) is 0 Å². The summed E-state index contributed by atoms with van der Waals surface area (Å²) in [6, 6.07) is 8.42. The second-order valence-electron chi connectivity index (χ2n) is 6.89. The molecule has 2 bridgehead atoms. The van der Waals surface area contributed by atoms with Crippen LogP contribution in [0.2, 0.25) is 0 Å². The number of hydrogen-bond donors (Lipinski definition) is 1. The van der Waals surface area contributed by atoms with Gasteiger partial charge in [0.2, 0.25) is 0 Å². The topological polar surface area (TPSA) is 86.4 Å². The van der Waals surface area contributed by atoms with Crippen molar-refractivity contribution in [2.75, 3.05) is 19.6 Å². The zero-order chi connectivity index (χ0) is 18.1. The molecule has 7 nitrogen and oxygen atoms in total. The number of nitrogens with zero attached hydrogens (tertiary/aromatic N) is 3. The van der Waals surface area contributed by atoms with Crippen LogP contribution in [-0.4, -0.2) is 57.3 Å². The summed E-state index contributed by atoms with van der Waals surface area (Å²) in [6.45, 7) is 1.66. The van der Waals surface area contributed by atoms with E-state index in [4.69, 9.17) is 0 Å². The lowest BCUT2D eigenvalue weighted by atomic mass is 9.94. The summed E-state index contributed by atoms with van der Waals surface area (Å²) in [7, 11) is 0. The molecule has 3 aliphatic rings. The van der Waals surface area contributed by atoms with E-state index in [2.05, 4.69) is 9.97 Å². The van der Waals surface area contributed by atoms with Gasteiger partial charge in [-0.3, -0.25) is 19.4 Å². The van der Waals surface area contributed by atoms with E-state index in [1.807, 2.05) is 0 Å². The number of piperidine rings is 1. The van der Waals surface area contributed by atoms with Crippen molar-refractivity contribution in [2.24, 2.45) is 5.92 Å². The summed E-state index contributed by atoms with van der Waals surface area (Å²) in [6.07, 6.45) is 4.94. The fourth-order valence-electron chi connectivity index (χ4n) is 3.89. The minimum atomic E-state index is -0.376. The third-order valence-electron chi connectivity index (χ3n) is 5.19. The summed E-state index contributed by atoms with van der Waals surface area (Å²) in [4.78, 5) is 47.9. The number of carbonyl (C=O) groups excluding carboxylic acids is 2. The fourth-order valence-corrected chi connectivity index (χ4v) is 3.89. The highest BCUT2D eigenvalue weighted by Gasteiger charge is 2.39. The summed E-state index contributed by atoms with van der Waals surface area (Å²) in [5.74, 6) is -0.142. The highest BCUT2D eigenvalue weighted by Crippen LogP contribution is 2.29. The molecule has 5 rings (SSSR count). The lowest BCUT2D eigenvalue weighted by Crippen LogP contribution is -2.48. The van der Waals surface area contributed by atoms with Gasteiger partial charge < -0.3 is 14.8 Å². The number of rotatable bonds is 2. The molecule has 3 saturated heterocycles. The minimum Gasteiger partial charge on any atom is -0.335 e. The van der Waals surface area contributed by atoms with Gasteiger partial charge in [-0.05, 0) is 43.0 Å². The van der Waals surface area contributed by atoms with Crippen molar-refractivity contribution in [1.29, 1.82) is 0 Å². The molecule has 7 heteroatoms. The van der Waals surface area contributed by atoms with E-state index in [-0.39, 0.29) is 34.9 Å². The average molecular weight is 352 g/mol. The molecule has 5 heterocycles. The summed E-state index contributed by atoms with van der Waals surface area (Å²) in [5.41, 5.74) is 0.202. The van der Waals surface area contributed by atoms with Gasteiger partial charge in [0, 0.05) is 38.1 Å². The molecular formula is C19H20N4O3. The van der Waals surface area contributed by atoms with E-state index in [1.54, 1.807) is 46.3 Å². The fraction of sp³-hybridized carbons (Fsp3) is 0.368. The van der Waals surface area contributed by atoms with E-state index in [0.717, 1.165) is 12.8 Å². The third-order valence-corrected chi connectivity index (χ3v) is 5.19. The maximum Gasteiger partial charge on any atom is 0.272 e. The van der Waals surface area contributed by atoms with Crippen LogP contribution in [0.1, 0.15) is 33.7 Å². The number of H-pyrrole nitrogens is 1. The zero-order valence-corrected chi connectivity index (χ0v) is 14.3. The van der Waals surface area contributed by atoms with E-state index >= 15 is 0 Å². The monoisotopic (exact) mass is 352 g/mol. The minimum absolute atomic E-state index is 0.0754. The van der Waals surface area contributed by atoms with E-state index in [1.165, 1.54) is 6.20 Å². The Morgan fingerprint density at radius 2 is 1.92 bits per heavy atom. The predicted octanol–water partition coefficient (Wildman–Crippen LogP) is 1.15. The van der Waals surface area contributed by atoms with Gasteiger partial charge in [0.1, 0.15) is 11.3 Å². The zero-order valence-electron chi connectivity index (χ0n) is 14.3. The Hall–Kier alpha value is -2.96. The molecular weight excluding hydrogens is 332 g/mol. The molecule has 0 aromatic carbocycles. The molecule has 2 amide bonds. The molecule has 2 atom stereocenters. The first-order valence-electron chi connectivity index (χ1n) is 8.82. The standard InChI is InChI=1S/C19H20N4O3/c24-17-15(4-3-9-21-17)18(25)23-11-13-6-7-14(23)12-22(10-13)19(26)16-5-1-2-8-20-16/h1-5,8-9,13-14H,6-7,10-12H2,(H,21,24). The lowest BCUT2D eigenvalue weighted by Gasteiger charge is -2.35. The molecule has 0 aliphatic carbocycles. The van der Waals surface area contributed by atoms with Gasteiger partial charge in [0.25, 0.3) is 17.4 Å². The number of hydrogen-bond acceptors (Lipinski definition) is 4. The lowest BCUT2D eigenvalue weighted by molar-refractivity contribution is 0.0572. The molecule has 2 aromatic rings. The normalized spacial score (nSPS) is 22.2. The summed E-state index contributed by atoms with van der Waals surface area (Å²) in [5, 5.41) is 0. The Labute approximate surface area is 150 Å². The van der Waals surface area contributed by atoms with Crippen LogP contribution in [0, 0.1) is 5.92 Å². The number of amides is 2. The van der Waals surface area contributed by atoms with Gasteiger partial charge in [0.05, 0.1) is 0 Å². The largest absolute Gasteiger partial charge is 0.335 e. The van der Waals surface area contributed by atoms with Crippen molar-refractivity contribution in [3.05, 3.63) is 64.3 Å². The van der Waals surface area contributed by atoms with Gasteiger partial charge >= 0.3 is 0 Å². The van der Waals surface area contributed by atoms with Gasteiger partial charge in [-0.1, -0.05) is 6.07 Å². The molecule has 0 radical (unpaired) electrons. The van der Waals surface area contributed by atoms with Crippen LogP contribution in [0.3, 0.4) is 0 Å². The molecule has 0 saturated carbocycles. The SMILES string of the molecule is O=C(c1ccccn1)N1CC2CCC(C1)N(C(=O)c1ccc[nH]c1=O)C2. The van der Waals surface area contributed by atoms with Crippen LogP contribution < -0.4 is 5.56 Å². The van der Waals surface area contributed by atoms with E-state index in [9.17, 15) is 14.4 Å². The van der Waals surface area contributed by atoms with Crippen molar-refractivity contribution in [3.8, 4) is 0 Å². The van der Waals surface area contributed by atoms with E-state index < -0.39 is 0 Å². The maximum absolute atomic E-state index is 12.9. The Balaban J connectivity index is 1.57.